The number of nitrogens with one attached hydrogen (secondary N) is 1. The highest BCUT2D eigenvalue weighted by Crippen LogP contribution is 2.31. The number of esters is 1. The molecule has 1 amide bonds. The van der Waals surface area contributed by atoms with Gasteiger partial charge in [-0.05, 0) is 72.7 Å². The molecule has 0 saturated heterocycles. The van der Waals surface area contributed by atoms with E-state index in [-0.39, 0.29) is 6.61 Å². The van der Waals surface area contributed by atoms with Gasteiger partial charge >= 0.3 is 5.97 Å². The maximum atomic E-state index is 12.1. The van der Waals surface area contributed by atoms with Crippen molar-refractivity contribution in [3.8, 4) is 16.3 Å². The summed E-state index contributed by atoms with van der Waals surface area (Å²) in [6.45, 7) is 1.69. The highest BCUT2D eigenvalue weighted by atomic mass is 32.1. The number of carbonyl (C=O) groups excluding carboxylic acids is 2. The SMILES string of the molecule is COc1ccc(C=CC(=O)OCC(=O)Nc2ccc(-c3nc4ccc(C)cc4s3)cc2)cc1. The number of aromatic nitrogens is 1. The molecule has 0 bridgehead atoms. The summed E-state index contributed by atoms with van der Waals surface area (Å²) in [4.78, 5) is 28.7. The van der Waals surface area contributed by atoms with Crippen LogP contribution in [0.4, 0.5) is 5.69 Å². The average Bonchev–Trinajstić information content (AvgIpc) is 3.25. The molecule has 33 heavy (non-hydrogen) atoms. The molecule has 0 aliphatic heterocycles. The van der Waals surface area contributed by atoms with E-state index >= 15 is 0 Å². The summed E-state index contributed by atoms with van der Waals surface area (Å²) < 4.78 is 11.2. The molecule has 0 saturated carbocycles. The first-order chi connectivity index (χ1) is 16.0. The Balaban J connectivity index is 1.29. The number of methoxy groups -OCH3 is 1. The van der Waals surface area contributed by atoms with E-state index < -0.39 is 11.9 Å². The number of ether oxygens (including phenoxy) is 2. The predicted molar refractivity (Wildman–Crippen MR) is 131 cm³/mol. The van der Waals surface area contributed by atoms with Crippen molar-refractivity contribution >= 4 is 45.2 Å². The van der Waals surface area contributed by atoms with Crippen LogP contribution in [0.25, 0.3) is 26.9 Å². The van der Waals surface area contributed by atoms with Gasteiger partial charge in [0.2, 0.25) is 0 Å². The second-order valence-corrected chi connectivity index (χ2v) is 8.36. The van der Waals surface area contributed by atoms with E-state index in [0.717, 1.165) is 32.1 Å². The monoisotopic (exact) mass is 458 g/mol. The van der Waals surface area contributed by atoms with E-state index in [9.17, 15) is 9.59 Å². The van der Waals surface area contributed by atoms with Crippen LogP contribution >= 0.6 is 11.3 Å². The Bertz CT molecular complexity index is 1310. The zero-order valence-corrected chi connectivity index (χ0v) is 19.0. The number of fused-ring (bicyclic) bond motifs is 1. The van der Waals surface area contributed by atoms with E-state index in [4.69, 9.17) is 9.47 Å². The van der Waals surface area contributed by atoms with Gasteiger partial charge in [-0.3, -0.25) is 4.79 Å². The summed E-state index contributed by atoms with van der Waals surface area (Å²) in [5, 5.41) is 3.65. The van der Waals surface area contributed by atoms with Crippen molar-refractivity contribution in [2.45, 2.75) is 6.92 Å². The van der Waals surface area contributed by atoms with Crippen LogP contribution in [0.2, 0.25) is 0 Å². The van der Waals surface area contributed by atoms with Crippen LogP contribution < -0.4 is 10.1 Å². The summed E-state index contributed by atoms with van der Waals surface area (Å²) in [5.74, 6) is -0.276. The number of benzene rings is 3. The predicted octanol–water partition coefficient (Wildman–Crippen LogP) is 5.48. The molecule has 0 radical (unpaired) electrons. The number of aryl methyl sites for hydroxylation is 1. The lowest BCUT2D eigenvalue weighted by Gasteiger charge is -2.06. The first-order valence-corrected chi connectivity index (χ1v) is 11.1. The quantitative estimate of drug-likeness (QED) is 0.293. The molecule has 1 aromatic heterocycles. The molecule has 3 aromatic carbocycles. The standard InChI is InChI=1S/C26H22N2O4S/c1-17-3-13-22-23(15-17)33-26(28-22)19-7-9-20(10-8-19)27-24(29)16-32-25(30)14-6-18-4-11-21(31-2)12-5-18/h3-15H,16H2,1-2H3,(H,27,29). The molecule has 4 aromatic rings. The lowest BCUT2D eigenvalue weighted by atomic mass is 10.2. The number of carbonyl (C=O) groups is 2. The van der Waals surface area contributed by atoms with Crippen LogP contribution in [0.15, 0.2) is 72.8 Å². The first-order valence-electron chi connectivity index (χ1n) is 10.3. The van der Waals surface area contributed by atoms with Crippen molar-refractivity contribution in [1.29, 1.82) is 0 Å². The molecule has 1 N–H and O–H groups in total. The van der Waals surface area contributed by atoms with Crippen molar-refractivity contribution < 1.29 is 19.1 Å². The number of hydrogen-bond acceptors (Lipinski definition) is 6. The minimum atomic E-state index is -0.595. The molecule has 0 aliphatic rings. The average molecular weight is 459 g/mol. The van der Waals surface area contributed by atoms with Crippen molar-refractivity contribution in [2.75, 3.05) is 19.0 Å². The fourth-order valence-corrected chi connectivity index (χ4v) is 4.18. The number of amides is 1. The Morgan fingerprint density at radius 1 is 1.03 bits per heavy atom. The van der Waals surface area contributed by atoms with Crippen LogP contribution in [-0.2, 0) is 14.3 Å². The summed E-state index contributed by atoms with van der Waals surface area (Å²) in [6, 6.07) is 20.8. The van der Waals surface area contributed by atoms with Crippen molar-refractivity contribution in [3.63, 3.8) is 0 Å². The molecule has 0 aliphatic carbocycles. The van der Waals surface area contributed by atoms with E-state index in [1.165, 1.54) is 11.6 Å². The molecule has 0 unspecified atom stereocenters. The molecule has 1 heterocycles. The molecule has 6 nitrogen and oxygen atoms in total. The highest BCUT2D eigenvalue weighted by molar-refractivity contribution is 7.21. The third-order valence-electron chi connectivity index (χ3n) is 4.83. The second kappa shape index (κ2) is 10.1. The molecule has 0 fully saturated rings. The van der Waals surface area contributed by atoms with Crippen molar-refractivity contribution in [3.05, 3.63) is 83.9 Å². The summed E-state index contributed by atoms with van der Waals surface area (Å²) >= 11 is 1.63. The molecule has 0 spiro atoms. The van der Waals surface area contributed by atoms with Gasteiger partial charge < -0.3 is 14.8 Å². The van der Waals surface area contributed by atoms with Gasteiger partial charge in [0.1, 0.15) is 10.8 Å². The van der Waals surface area contributed by atoms with Gasteiger partial charge in [-0.15, -0.1) is 11.3 Å². The second-order valence-electron chi connectivity index (χ2n) is 7.33. The van der Waals surface area contributed by atoms with Crippen LogP contribution in [0.3, 0.4) is 0 Å². The normalized spacial score (nSPS) is 11.0. The third-order valence-corrected chi connectivity index (χ3v) is 5.90. The van der Waals surface area contributed by atoms with Crippen molar-refractivity contribution in [1.82, 2.24) is 4.98 Å². The smallest absolute Gasteiger partial charge is 0.331 e. The highest BCUT2D eigenvalue weighted by Gasteiger charge is 2.09. The number of rotatable bonds is 7. The van der Waals surface area contributed by atoms with E-state index in [0.29, 0.717) is 5.69 Å². The van der Waals surface area contributed by atoms with Crippen LogP contribution in [-0.4, -0.2) is 30.6 Å². The van der Waals surface area contributed by atoms with E-state index in [2.05, 4.69) is 23.3 Å². The molecule has 7 heteroatoms. The fourth-order valence-electron chi connectivity index (χ4n) is 3.11. The number of hydrogen-bond donors (Lipinski definition) is 1. The van der Waals surface area contributed by atoms with Gasteiger partial charge in [0.05, 0.1) is 17.3 Å². The van der Waals surface area contributed by atoms with Gasteiger partial charge in [0, 0.05) is 17.3 Å². The van der Waals surface area contributed by atoms with Crippen LogP contribution in [0.1, 0.15) is 11.1 Å². The lowest BCUT2D eigenvalue weighted by molar-refractivity contribution is -0.142. The maximum Gasteiger partial charge on any atom is 0.331 e. The number of nitrogens with zero attached hydrogens (tertiary/aromatic N) is 1. The molecule has 0 atom stereocenters. The van der Waals surface area contributed by atoms with Gasteiger partial charge in [0.15, 0.2) is 6.61 Å². The van der Waals surface area contributed by atoms with Gasteiger partial charge in [-0.1, -0.05) is 18.2 Å². The maximum absolute atomic E-state index is 12.1. The fraction of sp³-hybridized carbons (Fsp3) is 0.115. The van der Waals surface area contributed by atoms with Gasteiger partial charge in [-0.2, -0.15) is 0 Å². The first kappa shape index (κ1) is 22.2. The Hall–Kier alpha value is -3.97. The van der Waals surface area contributed by atoms with Crippen molar-refractivity contribution in [2.24, 2.45) is 0 Å². The zero-order chi connectivity index (χ0) is 23.2. The topological polar surface area (TPSA) is 77.5 Å². The summed E-state index contributed by atoms with van der Waals surface area (Å²) in [6.07, 6.45) is 2.89. The zero-order valence-electron chi connectivity index (χ0n) is 18.2. The molecule has 4 rings (SSSR count). The molecular formula is C26H22N2O4S. The Kier molecular flexibility index (Phi) is 6.80. The van der Waals surface area contributed by atoms with E-state index in [1.807, 2.05) is 36.4 Å². The number of thiazole rings is 1. The van der Waals surface area contributed by atoms with Gasteiger partial charge in [-0.25, -0.2) is 9.78 Å². The van der Waals surface area contributed by atoms with Gasteiger partial charge in [0.25, 0.3) is 5.91 Å². The Morgan fingerprint density at radius 2 is 1.79 bits per heavy atom. The minimum Gasteiger partial charge on any atom is -0.497 e. The Labute approximate surface area is 195 Å². The lowest BCUT2D eigenvalue weighted by Crippen LogP contribution is -2.20. The summed E-state index contributed by atoms with van der Waals surface area (Å²) in [5.41, 5.74) is 4.58. The molecule has 166 valence electrons. The third kappa shape index (κ3) is 5.84. The molecular weight excluding hydrogens is 436 g/mol. The largest absolute Gasteiger partial charge is 0.497 e. The van der Waals surface area contributed by atoms with Crippen LogP contribution in [0, 0.1) is 6.92 Å². The summed E-state index contributed by atoms with van der Waals surface area (Å²) in [7, 11) is 1.59. The van der Waals surface area contributed by atoms with E-state index in [1.54, 1.807) is 48.8 Å². The minimum absolute atomic E-state index is 0.370. The number of anilines is 1. The van der Waals surface area contributed by atoms with Crippen LogP contribution in [0.5, 0.6) is 5.75 Å². The Morgan fingerprint density at radius 3 is 2.52 bits per heavy atom.